The van der Waals surface area contributed by atoms with Crippen molar-refractivity contribution in [3.05, 3.63) is 21.9 Å². The Hall–Kier alpha value is -0.910. The van der Waals surface area contributed by atoms with Gasteiger partial charge in [0.25, 0.3) is 0 Å². The first kappa shape index (κ1) is 14.2. The number of aromatic carboxylic acids is 1. The van der Waals surface area contributed by atoms with E-state index in [1.165, 1.54) is 11.3 Å². The molecule has 0 spiro atoms. The lowest BCUT2D eigenvalue weighted by atomic mass is 10.0. The van der Waals surface area contributed by atoms with Gasteiger partial charge >= 0.3 is 5.97 Å². The summed E-state index contributed by atoms with van der Waals surface area (Å²) in [7, 11) is 4.07. The molecule has 2 N–H and O–H groups in total. The molecule has 0 atom stereocenters. The van der Waals surface area contributed by atoms with Crippen molar-refractivity contribution in [3.8, 4) is 0 Å². The fraction of sp³-hybridized carbons (Fsp3) is 0.583. The third-order valence-corrected chi connectivity index (χ3v) is 3.97. The summed E-state index contributed by atoms with van der Waals surface area (Å²) >= 11 is 1.27. The number of carboxylic acids is 1. The second kappa shape index (κ2) is 5.62. The van der Waals surface area contributed by atoms with Crippen molar-refractivity contribution in [3.63, 3.8) is 0 Å². The highest BCUT2D eigenvalue weighted by atomic mass is 32.1. The number of hydrogen-bond acceptors (Lipinski definition) is 4. The molecule has 1 aromatic heterocycles. The van der Waals surface area contributed by atoms with Crippen LogP contribution in [0.4, 0.5) is 0 Å². The Bertz CT molecular complexity index is 386. The van der Waals surface area contributed by atoms with E-state index in [0.29, 0.717) is 11.4 Å². The molecule has 0 aliphatic carbocycles. The van der Waals surface area contributed by atoms with Gasteiger partial charge in [0, 0.05) is 18.6 Å². The minimum atomic E-state index is -0.844. The molecule has 0 amide bonds. The molecule has 0 unspecified atom stereocenters. The third-order valence-electron chi connectivity index (χ3n) is 3.02. The highest BCUT2D eigenvalue weighted by molar-refractivity contribution is 7.12. The summed E-state index contributed by atoms with van der Waals surface area (Å²) < 4.78 is 0. The second-order valence-corrected chi connectivity index (χ2v) is 5.81. The Balaban J connectivity index is 2.52. The molecule has 0 saturated heterocycles. The maximum absolute atomic E-state index is 10.9. The summed E-state index contributed by atoms with van der Waals surface area (Å²) in [5.41, 5.74) is 0.913. The van der Waals surface area contributed by atoms with E-state index in [4.69, 9.17) is 5.11 Å². The highest BCUT2D eigenvalue weighted by Gasteiger charge is 2.20. The van der Waals surface area contributed by atoms with E-state index in [1.54, 1.807) is 0 Å². The molecular formula is C12H20N2O2S. The molecule has 0 aliphatic rings. The number of carbonyl (C=O) groups is 1. The SMILES string of the molecule is CN(C)C(C)(C)CNCc1ccsc1C(=O)O. The predicted octanol–water partition coefficient (Wildman–Crippen LogP) is 1.88. The molecule has 4 nitrogen and oxygen atoms in total. The fourth-order valence-corrected chi connectivity index (χ4v) is 2.08. The summed E-state index contributed by atoms with van der Waals surface area (Å²) in [6, 6.07) is 1.86. The zero-order valence-electron chi connectivity index (χ0n) is 10.8. The minimum absolute atomic E-state index is 0.0550. The van der Waals surface area contributed by atoms with E-state index in [2.05, 4.69) is 24.1 Å². The van der Waals surface area contributed by atoms with Gasteiger partial charge in [0.1, 0.15) is 4.88 Å². The molecule has 0 aliphatic heterocycles. The Labute approximate surface area is 106 Å². The van der Waals surface area contributed by atoms with Gasteiger partial charge in [-0.1, -0.05) is 0 Å². The van der Waals surface area contributed by atoms with Crippen LogP contribution in [0, 0.1) is 0 Å². The van der Waals surface area contributed by atoms with Crippen LogP contribution in [0.5, 0.6) is 0 Å². The van der Waals surface area contributed by atoms with Crippen molar-refractivity contribution in [2.45, 2.75) is 25.9 Å². The van der Waals surface area contributed by atoms with Gasteiger partial charge in [0.05, 0.1) is 0 Å². The Morgan fingerprint density at radius 2 is 2.18 bits per heavy atom. The molecule has 1 aromatic rings. The number of rotatable bonds is 6. The zero-order valence-corrected chi connectivity index (χ0v) is 11.6. The van der Waals surface area contributed by atoms with E-state index in [1.807, 2.05) is 25.5 Å². The Morgan fingerprint density at radius 1 is 1.53 bits per heavy atom. The zero-order chi connectivity index (χ0) is 13.1. The van der Waals surface area contributed by atoms with Gasteiger partial charge in [-0.05, 0) is 45.0 Å². The predicted molar refractivity (Wildman–Crippen MR) is 70.8 cm³/mol. The first-order chi connectivity index (χ1) is 7.84. The molecule has 0 bridgehead atoms. The molecule has 96 valence electrons. The molecular weight excluding hydrogens is 236 g/mol. The second-order valence-electron chi connectivity index (χ2n) is 4.89. The summed E-state index contributed by atoms with van der Waals surface area (Å²) in [5, 5.41) is 14.1. The number of nitrogens with zero attached hydrogens (tertiary/aromatic N) is 1. The fourth-order valence-electron chi connectivity index (χ4n) is 1.32. The van der Waals surface area contributed by atoms with E-state index in [0.717, 1.165) is 12.1 Å². The van der Waals surface area contributed by atoms with Gasteiger partial charge in [-0.2, -0.15) is 0 Å². The summed E-state index contributed by atoms with van der Waals surface area (Å²) in [4.78, 5) is 13.5. The van der Waals surface area contributed by atoms with Crippen molar-refractivity contribution >= 4 is 17.3 Å². The van der Waals surface area contributed by atoms with Gasteiger partial charge in [0.15, 0.2) is 0 Å². The quantitative estimate of drug-likeness (QED) is 0.816. The van der Waals surface area contributed by atoms with Crippen LogP contribution in [0.3, 0.4) is 0 Å². The van der Waals surface area contributed by atoms with Crippen LogP contribution in [0.1, 0.15) is 29.1 Å². The molecule has 17 heavy (non-hydrogen) atoms. The summed E-state index contributed by atoms with van der Waals surface area (Å²) in [6.45, 7) is 5.70. The van der Waals surface area contributed by atoms with Crippen LogP contribution >= 0.6 is 11.3 Å². The van der Waals surface area contributed by atoms with Gasteiger partial charge < -0.3 is 15.3 Å². The van der Waals surface area contributed by atoms with E-state index >= 15 is 0 Å². The van der Waals surface area contributed by atoms with Crippen molar-refractivity contribution < 1.29 is 9.90 Å². The molecule has 0 saturated carbocycles. The van der Waals surface area contributed by atoms with E-state index < -0.39 is 5.97 Å². The van der Waals surface area contributed by atoms with Gasteiger partial charge in [-0.3, -0.25) is 0 Å². The van der Waals surface area contributed by atoms with Gasteiger partial charge in [0.2, 0.25) is 0 Å². The summed E-state index contributed by atoms with van der Waals surface area (Å²) in [6.07, 6.45) is 0. The highest BCUT2D eigenvalue weighted by Crippen LogP contribution is 2.17. The number of thiophene rings is 1. The van der Waals surface area contributed by atoms with Crippen molar-refractivity contribution in [2.24, 2.45) is 0 Å². The summed E-state index contributed by atoms with van der Waals surface area (Å²) in [5.74, 6) is -0.844. The number of hydrogen-bond donors (Lipinski definition) is 2. The standard InChI is InChI=1S/C12H20N2O2S/c1-12(2,14(3)4)8-13-7-9-5-6-17-10(9)11(15)16/h5-6,13H,7-8H2,1-4H3,(H,15,16). The van der Waals surface area contributed by atoms with E-state index in [9.17, 15) is 4.79 Å². The van der Waals surface area contributed by atoms with Crippen LogP contribution in [0.25, 0.3) is 0 Å². The number of likely N-dealkylation sites (N-methyl/N-ethyl adjacent to an activating group) is 1. The maximum Gasteiger partial charge on any atom is 0.346 e. The number of nitrogens with one attached hydrogen (secondary N) is 1. The lowest BCUT2D eigenvalue weighted by molar-refractivity contribution is 0.0701. The lowest BCUT2D eigenvalue weighted by Crippen LogP contribution is -2.46. The molecule has 0 radical (unpaired) electrons. The topological polar surface area (TPSA) is 52.6 Å². The third kappa shape index (κ3) is 3.80. The Morgan fingerprint density at radius 3 is 2.71 bits per heavy atom. The normalized spacial score (nSPS) is 12.1. The molecule has 5 heteroatoms. The molecule has 0 aromatic carbocycles. The smallest absolute Gasteiger partial charge is 0.346 e. The Kier molecular flexibility index (Phi) is 4.68. The minimum Gasteiger partial charge on any atom is -0.477 e. The van der Waals surface area contributed by atoms with Crippen LogP contribution in [-0.2, 0) is 6.54 Å². The van der Waals surface area contributed by atoms with Crippen LogP contribution in [0.2, 0.25) is 0 Å². The van der Waals surface area contributed by atoms with Crippen LogP contribution < -0.4 is 5.32 Å². The largest absolute Gasteiger partial charge is 0.477 e. The average Bonchev–Trinajstić information content (AvgIpc) is 2.65. The van der Waals surface area contributed by atoms with Crippen LogP contribution in [0.15, 0.2) is 11.4 Å². The average molecular weight is 256 g/mol. The van der Waals surface area contributed by atoms with Crippen molar-refractivity contribution in [2.75, 3.05) is 20.6 Å². The first-order valence-corrected chi connectivity index (χ1v) is 6.40. The van der Waals surface area contributed by atoms with Crippen molar-refractivity contribution in [1.82, 2.24) is 10.2 Å². The lowest BCUT2D eigenvalue weighted by Gasteiger charge is -2.32. The van der Waals surface area contributed by atoms with Gasteiger partial charge in [-0.25, -0.2) is 4.79 Å². The maximum atomic E-state index is 10.9. The van der Waals surface area contributed by atoms with Crippen LogP contribution in [-0.4, -0.2) is 42.2 Å². The number of carboxylic acid groups (broad SMARTS) is 1. The molecule has 1 heterocycles. The first-order valence-electron chi connectivity index (χ1n) is 5.52. The molecule has 1 rings (SSSR count). The van der Waals surface area contributed by atoms with Crippen molar-refractivity contribution in [1.29, 1.82) is 0 Å². The van der Waals surface area contributed by atoms with Gasteiger partial charge in [-0.15, -0.1) is 11.3 Å². The van der Waals surface area contributed by atoms with E-state index in [-0.39, 0.29) is 5.54 Å². The monoisotopic (exact) mass is 256 g/mol. The molecule has 0 fully saturated rings.